The Hall–Kier alpha value is -1.56. The Balaban J connectivity index is 2.15. The molecule has 0 aromatic carbocycles. The number of rotatable bonds is 5. The quantitative estimate of drug-likeness (QED) is 0.825. The van der Waals surface area contributed by atoms with Crippen molar-refractivity contribution in [3.63, 3.8) is 0 Å². The van der Waals surface area contributed by atoms with Gasteiger partial charge in [0.15, 0.2) is 5.69 Å². The number of aryl methyl sites for hydroxylation is 1. The fraction of sp³-hybridized carbons (Fsp3) is 0.667. The maximum absolute atomic E-state index is 12.3. The molecule has 1 aromatic heterocycles. The van der Waals surface area contributed by atoms with Crippen molar-refractivity contribution >= 4 is 5.91 Å². The van der Waals surface area contributed by atoms with Crippen molar-refractivity contribution in [2.45, 2.75) is 25.3 Å². The summed E-state index contributed by atoms with van der Waals surface area (Å²) >= 11 is 0. The molecule has 1 amide bonds. The molecule has 6 heteroatoms. The number of nitrogens with zero attached hydrogens (tertiary/aromatic N) is 3. The largest absolute Gasteiger partial charge is 0.481 e. The maximum Gasteiger partial charge on any atom is 0.274 e. The van der Waals surface area contributed by atoms with Gasteiger partial charge in [-0.25, -0.2) is 4.68 Å². The van der Waals surface area contributed by atoms with E-state index < -0.39 is 0 Å². The average Bonchev–Trinajstić information content (AvgIpc) is 2.66. The lowest BCUT2D eigenvalue weighted by Gasteiger charge is -2.36. The van der Waals surface area contributed by atoms with Crippen LogP contribution in [0.15, 0.2) is 6.07 Å². The fourth-order valence-electron chi connectivity index (χ4n) is 2.15. The van der Waals surface area contributed by atoms with Crippen LogP contribution in [0.5, 0.6) is 5.88 Å². The lowest BCUT2D eigenvalue weighted by Crippen LogP contribution is -2.45. The summed E-state index contributed by atoms with van der Waals surface area (Å²) < 4.78 is 6.63. The first-order chi connectivity index (χ1) is 8.67. The minimum atomic E-state index is -0.132. The number of aliphatic hydroxyl groups is 1. The molecule has 0 saturated heterocycles. The Labute approximate surface area is 106 Å². The number of hydrogen-bond acceptors (Lipinski definition) is 4. The fourth-order valence-corrected chi connectivity index (χ4v) is 2.15. The van der Waals surface area contributed by atoms with Gasteiger partial charge in [0.2, 0.25) is 5.88 Å². The van der Waals surface area contributed by atoms with Gasteiger partial charge in [0.05, 0.1) is 13.7 Å². The highest BCUT2D eigenvalue weighted by Gasteiger charge is 2.30. The van der Waals surface area contributed by atoms with Crippen LogP contribution in [-0.4, -0.2) is 52.0 Å². The molecule has 0 unspecified atom stereocenters. The zero-order chi connectivity index (χ0) is 13.1. The third kappa shape index (κ3) is 2.33. The summed E-state index contributed by atoms with van der Waals surface area (Å²) in [4.78, 5) is 14.0. The second-order valence-corrected chi connectivity index (χ2v) is 4.50. The molecule has 1 aliphatic carbocycles. The number of carbonyl (C=O) groups is 1. The first kappa shape index (κ1) is 12.9. The number of ether oxygens (including phenoxy) is 1. The van der Waals surface area contributed by atoms with Gasteiger partial charge in [0, 0.05) is 25.7 Å². The molecule has 100 valence electrons. The second kappa shape index (κ2) is 5.39. The minimum Gasteiger partial charge on any atom is -0.481 e. The summed E-state index contributed by atoms with van der Waals surface area (Å²) in [6, 6.07) is 1.88. The monoisotopic (exact) mass is 253 g/mol. The van der Waals surface area contributed by atoms with Crippen LogP contribution in [0.25, 0.3) is 0 Å². The van der Waals surface area contributed by atoms with Crippen molar-refractivity contribution in [3.05, 3.63) is 11.8 Å². The van der Waals surface area contributed by atoms with Gasteiger partial charge in [-0.05, 0) is 19.3 Å². The molecule has 0 aliphatic heterocycles. The lowest BCUT2D eigenvalue weighted by atomic mass is 9.91. The van der Waals surface area contributed by atoms with E-state index in [-0.39, 0.29) is 18.6 Å². The molecule has 1 fully saturated rings. The molecular weight excluding hydrogens is 234 g/mol. The van der Waals surface area contributed by atoms with Crippen molar-refractivity contribution < 1.29 is 14.6 Å². The van der Waals surface area contributed by atoms with Gasteiger partial charge >= 0.3 is 0 Å². The van der Waals surface area contributed by atoms with Crippen LogP contribution < -0.4 is 4.74 Å². The summed E-state index contributed by atoms with van der Waals surface area (Å²) in [6.07, 6.45) is 3.16. The molecule has 1 aliphatic rings. The highest BCUT2D eigenvalue weighted by atomic mass is 16.5. The topological polar surface area (TPSA) is 67.6 Å². The summed E-state index contributed by atoms with van der Waals surface area (Å²) in [5, 5.41) is 13.2. The van der Waals surface area contributed by atoms with E-state index in [0.29, 0.717) is 18.1 Å². The van der Waals surface area contributed by atoms with E-state index in [1.165, 1.54) is 4.68 Å². The molecule has 0 atom stereocenters. The van der Waals surface area contributed by atoms with Gasteiger partial charge in [0.25, 0.3) is 5.91 Å². The van der Waals surface area contributed by atoms with Crippen molar-refractivity contribution in [1.29, 1.82) is 0 Å². The van der Waals surface area contributed by atoms with E-state index >= 15 is 0 Å². The van der Waals surface area contributed by atoms with Gasteiger partial charge in [-0.2, -0.15) is 5.10 Å². The Bertz CT molecular complexity index is 426. The number of hydrogen-bond donors (Lipinski definition) is 1. The van der Waals surface area contributed by atoms with Gasteiger partial charge in [-0.3, -0.25) is 4.79 Å². The third-order valence-electron chi connectivity index (χ3n) is 3.38. The SMILES string of the molecule is COc1cc(C(=O)N(CCO)C2CCC2)nn1C. The van der Waals surface area contributed by atoms with Crippen LogP contribution in [0.2, 0.25) is 0 Å². The van der Waals surface area contributed by atoms with Crippen molar-refractivity contribution in [2.75, 3.05) is 20.3 Å². The minimum absolute atomic E-state index is 0.0216. The molecule has 0 bridgehead atoms. The average molecular weight is 253 g/mol. The van der Waals surface area contributed by atoms with E-state index in [1.54, 1.807) is 25.1 Å². The van der Waals surface area contributed by atoms with Crippen LogP contribution >= 0.6 is 0 Å². The number of methoxy groups -OCH3 is 1. The number of aliphatic hydroxyl groups excluding tert-OH is 1. The molecule has 6 nitrogen and oxygen atoms in total. The summed E-state index contributed by atoms with van der Waals surface area (Å²) in [6.45, 7) is 0.342. The first-order valence-electron chi connectivity index (χ1n) is 6.17. The Morgan fingerprint density at radius 3 is 2.83 bits per heavy atom. The van der Waals surface area contributed by atoms with E-state index in [0.717, 1.165) is 19.3 Å². The molecule has 18 heavy (non-hydrogen) atoms. The predicted molar refractivity (Wildman–Crippen MR) is 65.5 cm³/mol. The normalized spacial score (nSPS) is 15.3. The van der Waals surface area contributed by atoms with Gasteiger partial charge in [-0.1, -0.05) is 0 Å². The highest BCUT2D eigenvalue weighted by molar-refractivity contribution is 5.93. The predicted octanol–water partition coefficient (Wildman–Crippen LogP) is 0.416. The maximum atomic E-state index is 12.3. The molecule has 1 aromatic rings. The number of aromatic nitrogens is 2. The second-order valence-electron chi connectivity index (χ2n) is 4.50. The van der Waals surface area contributed by atoms with Crippen LogP contribution in [-0.2, 0) is 7.05 Å². The summed E-state index contributed by atoms with van der Waals surface area (Å²) in [5.41, 5.74) is 0.370. The Morgan fingerprint density at radius 1 is 1.67 bits per heavy atom. The van der Waals surface area contributed by atoms with E-state index in [1.807, 2.05) is 0 Å². The zero-order valence-corrected chi connectivity index (χ0v) is 10.8. The standard InChI is InChI=1S/C12H19N3O3/c1-14-11(18-2)8-10(13-14)12(17)15(6-7-16)9-4-3-5-9/h8-9,16H,3-7H2,1-2H3. The van der Waals surface area contributed by atoms with Crippen LogP contribution in [0.3, 0.4) is 0 Å². The molecule has 1 saturated carbocycles. The van der Waals surface area contributed by atoms with Crippen molar-refractivity contribution in [2.24, 2.45) is 7.05 Å². The Morgan fingerprint density at radius 2 is 2.39 bits per heavy atom. The number of carbonyl (C=O) groups excluding carboxylic acids is 1. The molecule has 1 heterocycles. The van der Waals surface area contributed by atoms with Crippen molar-refractivity contribution in [1.82, 2.24) is 14.7 Å². The van der Waals surface area contributed by atoms with E-state index in [4.69, 9.17) is 9.84 Å². The first-order valence-corrected chi connectivity index (χ1v) is 6.17. The van der Waals surface area contributed by atoms with Crippen LogP contribution in [0.4, 0.5) is 0 Å². The lowest BCUT2D eigenvalue weighted by molar-refractivity contribution is 0.0519. The van der Waals surface area contributed by atoms with Crippen LogP contribution in [0.1, 0.15) is 29.8 Å². The molecule has 0 spiro atoms. The molecule has 0 radical (unpaired) electrons. The molecular formula is C12H19N3O3. The smallest absolute Gasteiger partial charge is 0.274 e. The Kier molecular flexibility index (Phi) is 3.86. The highest BCUT2D eigenvalue weighted by Crippen LogP contribution is 2.26. The summed E-state index contributed by atoms with van der Waals surface area (Å²) in [7, 11) is 3.28. The van der Waals surface area contributed by atoms with Gasteiger partial charge in [-0.15, -0.1) is 0 Å². The molecule has 1 N–H and O–H groups in total. The number of amides is 1. The van der Waals surface area contributed by atoms with Crippen molar-refractivity contribution in [3.8, 4) is 5.88 Å². The van der Waals surface area contributed by atoms with Crippen LogP contribution in [0, 0.1) is 0 Å². The van der Waals surface area contributed by atoms with Gasteiger partial charge < -0.3 is 14.7 Å². The summed E-state index contributed by atoms with van der Waals surface area (Å²) in [5.74, 6) is 0.420. The molecule has 2 rings (SSSR count). The van der Waals surface area contributed by atoms with Gasteiger partial charge in [0.1, 0.15) is 0 Å². The zero-order valence-electron chi connectivity index (χ0n) is 10.8. The van der Waals surface area contributed by atoms with E-state index in [2.05, 4.69) is 5.10 Å². The third-order valence-corrected chi connectivity index (χ3v) is 3.38. The van der Waals surface area contributed by atoms with E-state index in [9.17, 15) is 4.79 Å².